The second-order valence-electron chi connectivity index (χ2n) is 8.30. The first-order valence-corrected chi connectivity index (χ1v) is 10.8. The van der Waals surface area contributed by atoms with Crippen molar-refractivity contribution in [2.24, 2.45) is 0 Å². The van der Waals surface area contributed by atoms with Crippen molar-refractivity contribution < 1.29 is 19.1 Å². The summed E-state index contributed by atoms with van der Waals surface area (Å²) >= 11 is 4.23. The van der Waals surface area contributed by atoms with Crippen molar-refractivity contribution in [3.05, 3.63) is 35.4 Å². The Bertz CT molecular complexity index is 827. The summed E-state index contributed by atoms with van der Waals surface area (Å²) in [5.74, 6) is 1.79. The highest BCUT2D eigenvalue weighted by Gasteiger charge is 2.36. The Kier molecular flexibility index (Phi) is 9.92. The van der Waals surface area contributed by atoms with Gasteiger partial charge in [-0.2, -0.15) is 12.6 Å². The molecule has 31 heavy (non-hydrogen) atoms. The summed E-state index contributed by atoms with van der Waals surface area (Å²) in [5.41, 5.74) is 0.332. The summed E-state index contributed by atoms with van der Waals surface area (Å²) in [6.45, 7) is 10.8. The number of terminal acetylenes is 1. The van der Waals surface area contributed by atoms with E-state index in [4.69, 9.17) is 11.2 Å². The average molecular weight is 448 g/mol. The molecule has 0 aliphatic heterocycles. The first-order chi connectivity index (χ1) is 14.4. The lowest BCUT2D eigenvalue weighted by atomic mass is 9.97. The van der Waals surface area contributed by atoms with Crippen LogP contribution in [-0.2, 0) is 14.3 Å². The number of nitrogens with zero attached hydrogens (tertiary/aromatic N) is 1. The van der Waals surface area contributed by atoms with Crippen molar-refractivity contribution in [2.45, 2.75) is 65.3 Å². The van der Waals surface area contributed by atoms with E-state index in [-0.39, 0.29) is 24.2 Å². The third-order valence-corrected chi connectivity index (χ3v) is 4.56. The van der Waals surface area contributed by atoms with E-state index in [1.165, 1.54) is 4.90 Å². The molecule has 1 aromatic rings. The van der Waals surface area contributed by atoms with Crippen LogP contribution in [0.25, 0.3) is 0 Å². The van der Waals surface area contributed by atoms with Gasteiger partial charge in [0.15, 0.2) is 0 Å². The lowest BCUT2D eigenvalue weighted by molar-refractivity contribution is -0.142. The summed E-state index contributed by atoms with van der Waals surface area (Å²) in [5, 5.41) is 5.41. The lowest BCUT2D eigenvalue weighted by Gasteiger charge is -2.34. The van der Waals surface area contributed by atoms with Crippen LogP contribution in [0.3, 0.4) is 0 Å². The van der Waals surface area contributed by atoms with Gasteiger partial charge in [-0.3, -0.25) is 9.59 Å². The predicted octanol–water partition coefficient (Wildman–Crippen LogP) is 2.91. The molecule has 170 valence electrons. The highest BCUT2D eigenvalue weighted by atomic mass is 32.1. The molecule has 0 bridgehead atoms. The van der Waals surface area contributed by atoms with Gasteiger partial charge in [0.1, 0.15) is 17.7 Å². The Labute approximate surface area is 190 Å². The van der Waals surface area contributed by atoms with Crippen LogP contribution in [0.15, 0.2) is 24.3 Å². The number of amides is 3. The summed E-state index contributed by atoms with van der Waals surface area (Å²) < 4.78 is 5.25. The fraction of sp³-hybridized carbons (Fsp3) is 0.522. The van der Waals surface area contributed by atoms with E-state index >= 15 is 0 Å². The third-order valence-electron chi connectivity index (χ3n) is 4.20. The first-order valence-electron chi connectivity index (χ1n) is 10.2. The Balaban J connectivity index is 3.33. The molecule has 7 nitrogen and oxygen atoms in total. The number of benzene rings is 1. The molecule has 0 aliphatic carbocycles. The number of hydrogen-bond acceptors (Lipinski definition) is 5. The van der Waals surface area contributed by atoms with Crippen molar-refractivity contribution in [1.82, 2.24) is 15.5 Å². The quantitative estimate of drug-likeness (QED) is 0.422. The summed E-state index contributed by atoms with van der Waals surface area (Å²) in [4.78, 5) is 40.1. The molecule has 1 rings (SSSR count). The van der Waals surface area contributed by atoms with Crippen molar-refractivity contribution in [3.8, 4) is 12.3 Å². The second-order valence-corrected chi connectivity index (χ2v) is 8.67. The molecule has 0 aliphatic rings. The molecule has 0 saturated heterocycles. The summed E-state index contributed by atoms with van der Waals surface area (Å²) in [6.07, 6.45) is 4.91. The Hall–Kier alpha value is -2.66. The van der Waals surface area contributed by atoms with Crippen LogP contribution in [0.2, 0.25) is 0 Å². The number of likely N-dealkylation sites (N-methyl/N-ethyl adjacent to an activating group) is 1. The fourth-order valence-corrected chi connectivity index (χ4v) is 3.23. The number of alkyl carbamates (subject to hydrolysis) is 1. The largest absolute Gasteiger partial charge is 0.444 e. The molecule has 0 heterocycles. The van der Waals surface area contributed by atoms with Crippen LogP contribution in [0.4, 0.5) is 4.79 Å². The molecule has 1 aromatic carbocycles. The van der Waals surface area contributed by atoms with Gasteiger partial charge < -0.3 is 20.3 Å². The molecule has 3 amide bonds. The van der Waals surface area contributed by atoms with Crippen LogP contribution in [0.5, 0.6) is 0 Å². The Morgan fingerprint density at radius 1 is 1.19 bits per heavy atom. The molecule has 2 unspecified atom stereocenters. The number of carbonyl (C=O) groups excluding carboxylic acids is 3. The predicted molar refractivity (Wildman–Crippen MR) is 125 cm³/mol. The number of thiol groups is 1. The molecule has 8 heteroatoms. The van der Waals surface area contributed by atoms with E-state index in [1.807, 2.05) is 13.8 Å². The van der Waals surface area contributed by atoms with Crippen molar-refractivity contribution in [1.29, 1.82) is 0 Å². The van der Waals surface area contributed by atoms with Crippen LogP contribution in [0, 0.1) is 12.3 Å². The highest BCUT2D eigenvalue weighted by molar-refractivity contribution is 7.80. The maximum Gasteiger partial charge on any atom is 0.408 e. The number of nitrogens with one attached hydrogen (secondary N) is 2. The van der Waals surface area contributed by atoms with E-state index in [2.05, 4.69) is 29.2 Å². The molecular formula is C23H33N3O4S. The van der Waals surface area contributed by atoms with Crippen LogP contribution in [0.1, 0.15) is 58.7 Å². The maximum atomic E-state index is 13.4. The molecular weight excluding hydrogens is 414 g/mol. The van der Waals surface area contributed by atoms with Gasteiger partial charge in [-0.05, 0) is 53.2 Å². The fourth-order valence-electron chi connectivity index (χ4n) is 2.98. The zero-order valence-corrected chi connectivity index (χ0v) is 20.0. The number of ether oxygens (including phenoxy) is 1. The van der Waals surface area contributed by atoms with E-state index in [0.29, 0.717) is 11.1 Å². The average Bonchev–Trinajstić information content (AvgIpc) is 2.67. The molecule has 0 spiro atoms. The molecule has 0 fully saturated rings. The van der Waals surface area contributed by atoms with Gasteiger partial charge in [0, 0.05) is 23.9 Å². The second kappa shape index (κ2) is 11.7. The van der Waals surface area contributed by atoms with Crippen molar-refractivity contribution in [2.75, 3.05) is 12.3 Å². The minimum Gasteiger partial charge on any atom is -0.444 e. The van der Waals surface area contributed by atoms with Gasteiger partial charge in [-0.15, -0.1) is 6.42 Å². The zero-order chi connectivity index (χ0) is 23.8. The number of rotatable bonds is 8. The highest BCUT2D eigenvalue weighted by Crippen LogP contribution is 2.25. The van der Waals surface area contributed by atoms with Gasteiger partial charge in [0.25, 0.3) is 0 Å². The van der Waals surface area contributed by atoms with Crippen LogP contribution < -0.4 is 10.6 Å². The van der Waals surface area contributed by atoms with Crippen molar-refractivity contribution >= 4 is 30.5 Å². The van der Waals surface area contributed by atoms with E-state index in [9.17, 15) is 14.4 Å². The molecule has 0 aromatic heterocycles. The standard InChI is InChI=1S/C23H33N3O4S/c1-8-16-12-10-11-13-17(16)19(20(27)24-15(3)4)26(9-2)21(28)18(14-31)25-22(29)30-23(5,6)7/h1,10-13,15,18-19,31H,9,14H2,2-7H3,(H,24,27)(H,25,29). The molecule has 2 N–H and O–H groups in total. The Morgan fingerprint density at radius 2 is 1.81 bits per heavy atom. The monoisotopic (exact) mass is 447 g/mol. The van der Waals surface area contributed by atoms with Gasteiger partial charge in [-0.25, -0.2) is 4.79 Å². The van der Waals surface area contributed by atoms with Gasteiger partial charge in [0.05, 0.1) is 0 Å². The minimum absolute atomic E-state index is 0.0316. The summed E-state index contributed by atoms with van der Waals surface area (Å²) in [6, 6.07) is 4.90. The number of hydrogen-bond donors (Lipinski definition) is 3. The van der Waals surface area contributed by atoms with Crippen LogP contribution in [-0.4, -0.2) is 52.8 Å². The van der Waals surface area contributed by atoms with E-state index < -0.39 is 29.7 Å². The zero-order valence-electron chi connectivity index (χ0n) is 19.1. The number of carbonyl (C=O) groups is 3. The van der Waals surface area contributed by atoms with E-state index in [1.54, 1.807) is 52.0 Å². The third kappa shape index (κ3) is 7.83. The molecule has 2 atom stereocenters. The molecule has 0 saturated carbocycles. The normalized spacial score (nSPS) is 13.0. The maximum absolute atomic E-state index is 13.4. The SMILES string of the molecule is C#Cc1ccccc1C(C(=O)NC(C)C)N(CC)C(=O)C(CS)NC(=O)OC(C)(C)C. The lowest BCUT2D eigenvalue weighted by Crippen LogP contribution is -2.54. The van der Waals surface area contributed by atoms with E-state index in [0.717, 1.165) is 0 Å². The smallest absolute Gasteiger partial charge is 0.408 e. The Morgan fingerprint density at radius 3 is 2.29 bits per heavy atom. The van der Waals surface area contributed by atoms with Crippen LogP contribution >= 0.6 is 12.6 Å². The minimum atomic E-state index is -0.981. The van der Waals surface area contributed by atoms with Gasteiger partial charge in [0.2, 0.25) is 11.8 Å². The topological polar surface area (TPSA) is 87.7 Å². The molecule has 0 radical (unpaired) electrons. The van der Waals surface area contributed by atoms with Gasteiger partial charge >= 0.3 is 6.09 Å². The first kappa shape index (κ1) is 26.4. The summed E-state index contributed by atoms with van der Waals surface area (Å²) in [7, 11) is 0. The van der Waals surface area contributed by atoms with Crippen molar-refractivity contribution in [3.63, 3.8) is 0 Å². The van der Waals surface area contributed by atoms with Gasteiger partial charge in [-0.1, -0.05) is 24.1 Å².